The molecule has 1 aliphatic heterocycles. The van der Waals surface area contributed by atoms with Crippen molar-refractivity contribution in [2.75, 3.05) is 13.1 Å². The third kappa shape index (κ3) is 4.38. The van der Waals surface area contributed by atoms with E-state index in [1.165, 1.54) is 22.7 Å². The van der Waals surface area contributed by atoms with Crippen LogP contribution in [-0.4, -0.2) is 41.0 Å². The van der Waals surface area contributed by atoms with Gasteiger partial charge >= 0.3 is 0 Å². The molecule has 2 unspecified atom stereocenters. The molecular formula is C14H18Cl3N3OS2. The van der Waals surface area contributed by atoms with Crippen molar-refractivity contribution in [2.45, 2.75) is 25.9 Å². The lowest BCUT2D eigenvalue weighted by atomic mass is 10.1. The fraction of sp³-hybridized carbons (Fsp3) is 0.429. The first-order valence-electron chi connectivity index (χ1n) is 6.82. The molecule has 4 nitrogen and oxygen atoms in total. The van der Waals surface area contributed by atoms with Crippen molar-refractivity contribution in [2.24, 2.45) is 0 Å². The average molecular weight is 415 g/mol. The van der Waals surface area contributed by atoms with Crippen molar-refractivity contribution in [1.82, 2.24) is 15.2 Å². The lowest BCUT2D eigenvalue weighted by molar-refractivity contribution is 0.0598. The molecule has 1 saturated heterocycles. The maximum absolute atomic E-state index is 12.6. The van der Waals surface area contributed by atoms with Crippen LogP contribution in [0.5, 0.6) is 0 Å². The number of thiazole rings is 1. The lowest BCUT2D eigenvalue weighted by Crippen LogP contribution is -2.57. The third-order valence-electron chi connectivity index (χ3n) is 3.80. The first kappa shape index (κ1) is 20.7. The number of hydrogen-bond donors (Lipinski definition) is 1. The summed E-state index contributed by atoms with van der Waals surface area (Å²) < 4.78 is 0.734. The van der Waals surface area contributed by atoms with Crippen LogP contribution >= 0.6 is 59.1 Å². The molecule has 3 heterocycles. The SMILES string of the molecule is CC1NCCN(C(=O)c2csc(-c3ccc(Cl)s3)n2)C1C.Cl.Cl. The molecule has 2 aromatic rings. The molecule has 9 heteroatoms. The van der Waals surface area contributed by atoms with Gasteiger partial charge in [0.15, 0.2) is 0 Å². The quantitative estimate of drug-likeness (QED) is 0.801. The van der Waals surface area contributed by atoms with Crippen LogP contribution in [0.15, 0.2) is 17.5 Å². The van der Waals surface area contributed by atoms with Gasteiger partial charge in [-0.15, -0.1) is 47.5 Å². The van der Waals surface area contributed by atoms with E-state index in [1.807, 2.05) is 22.4 Å². The minimum Gasteiger partial charge on any atom is -0.332 e. The molecule has 2 atom stereocenters. The van der Waals surface area contributed by atoms with Gasteiger partial charge in [0.25, 0.3) is 5.91 Å². The van der Waals surface area contributed by atoms with Crippen LogP contribution < -0.4 is 5.32 Å². The highest BCUT2D eigenvalue weighted by atomic mass is 35.5. The van der Waals surface area contributed by atoms with Gasteiger partial charge in [0.2, 0.25) is 0 Å². The van der Waals surface area contributed by atoms with Crippen molar-refractivity contribution in [1.29, 1.82) is 0 Å². The Morgan fingerprint density at radius 1 is 1.39 bits per heavy atom. The van der Waals surface area contributed by atoms with Gasteiger partial charge in [0, 0.05) is 30.6 Å². The van der Waals surface area contributed by atoms with Crippen LogP contribution in [-0.2, 0) is 0 Å². The first-order chi connectivity index (χ1) is 10.1. The highest BCUT2D eigenvalue weighted by Gasteiger charge is 2.30. The molecule has 0 aromatic carbocycles. The summed E-state index contributed by atoms with van der Waals surface area (Å²) in [5.74, 6) is 0.0148. The maximum Gasteiger partial charge on any atom is 0.273 e. The second-order valence-electron chi connectivity index (χ2n) is 5.12. The molecule has 1 amide bonds. The summed E-state index contributed by atoms with van der Waals surface area (Å²) in [7, 11) is 0. The average Bonchev–Trinajstić information content (AvgIpc) is 3.09. The molecule has 1 N–H and O–H groups in total. The molecule has 3 rings (SSSR count). The van der Waals surface area contributed by atoms with Gasteiger partial charge in [0.05, 0.1) is 9.21 Å². The van der Waals surface area contributed by atoms with Gasteiger partial charge in [-0.3, -0.25) is 4.79 Å². The highest BCUT2D eigenvalue weighted by molar-refractivity contribution is 7.23. The van der Waals surface area contributed by atoms with Crippen LogP contribution in [0.25, 0.3) is 9.88 Å². The Morgan fingerprint density at radius 3 is 2.78 bits per heavy atom. The number of piperazine rings is 1. The molecule has 0 radical (unpaired) electrons. The van der Waals surface area contributed by atoms with E-state index in [0.29, 0.717) is 11.7 Å². The van der Waals surface area contributed by atoms with Crippen molar-refractivity contribution >= 4 is 65.0 Å². The summed E-state index contributed by atoms with van der Waals surface area (Å²) in [6, 6.07) is 4.27. The van der Waals surface area contributed by atoms with Crippen molar-refractivity contribution in [3.05, 3.63) is 27.5 Å². The summed E-state index contributed by atoms with van der Waals surface area (Å²) in [5.41, 5.74) is 0.528. The molecule has 0 spiro atoms. The molecule has 128 valence electrons. The first-order valence-corrected chi connectivity index (χ1v) is 8.89. The summed E-state index contributed by atoms with van der Waals surface area (Å²) in [6.45, 7) is 5.72. The van der Waals surface area contributed by atoms with Crippen LogP contribution in [0.1, 0.15) is 24.3 Å². The largest absolute Gasteiger partial charge is 0.332 e. The van der Waals surface area contributed by atoms with Crippen molar-refractivity contribution < 1.29 is 4.79 Å². The number of carbonyl (C=O) groups is 1. The fourth-order valence-corrected chi connectivity index (χ4v) is 4.31. The topological polar surface area (TPSA) is 45.2 Å². The Hall–Kier alpha value is -0.370. The molecule has 0 aliphatic carbocycles. The van der Waals surface area contributed by atoms with E-state index in [4.69, 9.17) is 11.6 Å². The Bertz CT molecular complexity index is 661. The predicted molar refractivity (Wildman–Crippen MR) is 103 cm³/mol. The van der Waals surface area contributed by atoms with E-state index >= 15 is 0 Å². The second-order valence-corrected chi connectivity index (χ2v) is 7.70. The van der Waals surface area contributed by atoms with Crippen molar-refractivity contribution in [3.63, 3.8) is 0 Å². The number of hydrogen-bond acceptors (Lipinski definition) is 5. The summed E-state index contributed by atoms with van der Waals surface area (Å²) in [4.78, 5) is 20.0. The van der Waals surface area contributed by atoms with Gasteiger partial charge < -0.3 is 10.2 Å². The van der Waals surface area contributed by atoms with Gasteiger partial charge in [0.1, 0.15) is 10.7 Å². The van der Waals surface area contributed by atoms with Crippen LogP contribution in [0.2, 0.25) is 4.34 Å². The Morgan fingerprint density at radius 2 is 2.13 bits per heavy atom. The number of halogens is 3. The number of aromatic nitrogens is 1. The summed E-state index contributed by atoms with van der Waals surface area (Å²) in [5, 5.41) is 6.07. The zero-order valence-electron chi connectivity index (χ0n) is 12.6. The summed E-state index contributed by atoms with van der Waals surface area (Å²) in [6.07, 6.45) is 0. The molecule has 0 bridgehead atoms. The van der Waals surface area contributed by atoms with E-state index in [-0.39, 0.29) is 36.8 Å². The highest BCUT2D eigenvalue weighted by Crippen LogP contribution is 2.33. The van der Waals surface area contributed by atoms with Crippen molar-refractivity contribution in [3.8, 4) is 9.88 Å². The van der Waals surface area contributed by atoms with Gasteiger partial charge in [-0.2, -0.15) is 0 Å². The van der Waals surface area contributed by atoms with Crippen LogP contribution in [0.4, 0.5) is 0 Å². The molecule has 0 saturated carbocycles. The minimum atomic E-state index is 0. The van der Waals surface area contributed by atoms with Crippen LogP contribution in [0.3, 0.4) is 0 Å². The van der Waals surface area contributed by atoms with E-state index in [2.05, 4.69) is 24.1 Å². The Balaban J connectivity index is 0.00000132. The number of nitrogens with one attached hydrogen (secondary N) is 1. The number of carbonyl (C=O) groups excluding carboxylic acids is 1. The standard InChI is InChI=1S/C14H16ClN3OS2.2ClH/c1-8-9(2)18(6-5-16-8)14(19)10-7-20-13(17-10)11-3-4-12(15)21-11;;/h3-4,7-9,16H,5-6H2,1-2H3;2*1H. The van der Waals surface area contributed by atoms with E-state index in [9.17, 15) is 4.79 Å². The zero-order valence-corrected chi connectivity index (χ0v) is 16.6. The molecule has 2 aromatic heterocycles. The fourth-order valence-electron chi connectivity index (χ4n) is 2.40. The number of rotatable bonds is 2. The molecule has 1 fully saturated rings. The Labute approximate surface area is 161 Å². The molecule has 1 aliphatic rings. The van der Waals surface area contributed by atoms with Crippen LogP contribution in [0, 0.1) is 0 Å². The zero-order chi connectivity index (χ0) is 15.0. The maximum atomic E-state index is 12.6. The smallest absolute Gasteiger partial charge is 0.273 e. The van der Waals surface area contributed by atoms with Gasteiger partial charge in [-0.1, -0.05) is 11.6 Å². The van der Waals surface area contributed by atoms with Gasteiger partial charge in [-0.25, -0.2) is 4.98 Å². The predicted octanol–water partition coefficient (Wildman–Crippen LogP) is 4.19. The molecule has 23 heavy (non-hydrogen) atoms. The number of nitrogens with zero attached hydrogens (tertiary/aromatic N) is 2. The Kier molecular flexibility index (Phi) is 7.77. The normalized spacial score (nSPS) is 20.6. The monoisotopic (exact) mass is 413 g/mol. The molecular weight excluding hydrogens is 397 g/mol. The lowest BCUT2D eigenvalue weighted by Gasteiger charge is -2.38. The third-order valence-corrected chi connectivity index (χ3v) is 6.05. The number of thiophene rings is 1. The second kappa shape index (κ2) is 8.65. The van der Waals surface area contributed by atoms with Gasteiger partial charge in [-0.05, 0) is 26.0 Å². The number of amides is 1. The van der Waals surface area contributed by atoms with E-state index < -0.39 is 0 Å². The van der Waals surface area contributed by atoms with E-state index in [0.717, 1.165) is 27.3 Å². The van der Waals surface area contributed by atoms with E-state index in [1.54, 1.807) is 0 Å². The minimum absolute atomic E-state index is 0. The summed E-state index contributed by atoms with van der Waals surface area (Å²) >= 11 is 8.92.